The Morgan fingerprint density at radius 1 is 1.48 bits per heavy atom. The molecule has 1 aromatic heterocycles. The Morgan fingerprint density at radius 3 is 2.96 bits per heavy atom. The first kappa shape index (κ1) is 16.3. The van der Waals surface area contributed by atoms with Crippen LogP contribution in [0.25, 0.3) is 11.6 Å². The summed E-state index contributed by atoms with van der Waals surface area (Å²) in [6, 6.07) is 1.99. The average molecular weight is 339 g/mol. The zero-order valence-corrected chi connectivity index (χ0v) is 13.2. The second kappa shape index (κ2) is 6.49. The molecule has 8 heteroatoms. The Morgan fingerprint density at radius 2 is 2.28 bits per heavy atom. The highest BCUT2D eigenvalue weighted by Gasteiger charge is 2.28. The van der Waals surface area contributed by atoms with Gasteiger partial charge in [0.05, 0.1) is 41.1 Å². The number of H-pyrrole nitrogens is 1. The van der Waals surface area contributed by atoms with Crippen molar-refractivity contribution < 1.29 is 14.0 Å². The first-order chi connectivity index (χ1) is 12.0. The van der Waals surface area contributed by atoms with E-state index in [-0.39, 0.29) is 23.6 Å². The van der Waals surface area contributed by atoms with Crippen molar-refractivity contribution in [2.24, 2.45) is 5.73 Å². The number of nitrogens with two attached hydrogens (primary N) is 1. The number of nitrogens with one attached hydrogen (secondary N) is 3. The standard InChI is InChI=1S/C17H14FN5O2/c1-9-14(22-8-21-9)7-11-15-10(3-2-6-20-17(19)25)12(18)4-5-13(15)23-16(11)24/h4-5,7-8H,6H2,1H3,(H,21,22)(H,23,24)(H3,19,20,25)/b11-7-. The molecule has 0 bridgehead atoms. The van der Waals surface area contributed by atoms with Crippen LogP contribution in [0.1, 0.15) is 22.5 Å². The molecule has 0 saturated heterocycles. The summed E-state index contributed by atoms with van der Waals surface area (Å²) < 4.78 is 14.3. The summed E-state index contributed by atoms with van der Waals surface area (Å²) in [6.45, 7) is 1.76. The maximum Gasteiger partial charge on any atom is 0.312 e. The molecule has 0 radical (unpaired) electrons. The normalized spacial score (nSPS) is 13.8. The highest BCUT2D eigenvalue weighted by atomic mass is 19.1. The van der Waals surface area contributed by atoms with E-state index in [0.717, 1.165) is 0 Å². The van der Waals surface area contributed by atoms with E-state index in [9.17, 15) is 14.0 Å². The molecule has 3 rings (SSSR count). The molecule has 0 atom stereocenters. The summed E-state index contributed by atoms with van der Waals surface area (Å²) in [4.78, 5) is 30.0. The van der Waals surface area contributed by atoms with Crippen LogP contribution in [0, 0.1) is 24.6 Å². The number of primary amides is 1. The van der Waals surface area contributed by atoms with Gasteiger partial charge in [0.1, 0.15) is 5.82 Å². The number of halogens is 1. The summed E-state index contributed by atoms with van der Waals surface area (Å²) >= 11 is 0. The number of fused-ring (bicyclic) bond motifs is 1. The van der Waals surface area contributed by atoms with Crippen LogP contribution < -0.4 is 16.4 Å². The number of aromatic nitrogens is 2. The topological polar surface area (TPSA) is 113 Å². The monoisotopic (exact) mass is 339 g/mol. The molecule has 0 aliphatic carbocycles. The SMILES string of the molecule is Cc1nc[nH]c1/C=C1\C(=O)Nc2ccc(F)c(C#CCNC(N)=O)c21. The van der Waals surface area contributed by atoms with E-state index in [2.05, 4.69) is 32.4 Å². The zero-order chi connectivity index (χ0) is 18.0. The van der Waals surface area contributed by atoms with Gasteiger partial charge in [-0.2, -0.15) is 0 Å². The van der Waals surface area contributed by atoms with Crippen LogP contribution in [0.2, 0.25) is 0 Å². The molecule has 0 saturated carbocycles. The largest absolute Gasteiger partial charge is 0.352 e. The van der Waals surface area contributed by atoms with Gasteiger partial charge in [0.25, 0.3) is 5.91 Å². The van der Waals surface area contributed by atoms with Crippen molar-refractivity contribution in [1.82, 2.24) is 15.3 Å². The molecule has 126 valence electrons. The lowest BCUT2D eigenvalue weighted by Crippen LogP contribution is -2.29. The van der Waals surface area contributed by atoms with Gasteiger partial charge in [0.2, 0.25) is 0 Å². The van der Waals surface area contributed by atoms with Crippen molar-refractivity contribution >= 4 is 29.3 Å². The Bertz CT molecular complexity index is 965. The van der Waals surface area contributed by atoms with Crippen LogP contribution >= 0.6 is 0 Å². The van der Waals surface area contributed by atoms with Crippen LogP contribution in [0.15, 0.2) is 18.5 Å². The number of aryl methyl sites for hydroxylation is 1. The molecular formula is C17H14FN5O2. The lowest BCUT2D eigenvalue weighted by atomic mass is 9.99. The van der Waals surface area contributed by atoms with Crippen LogP contribution in [-0.2, 0) is 4.79 Å². The van der Waals surface area contributed by atoms with E-state index in [0.29, 0.717) is 22.6 Å². The number of hydrogen-bond acceptors (Lipinski definition) is 3. The number of carbonyl (C=O) groups excluding carboxylic acids is 2. The molecule has 5 N–H and O–H groups in total. The second-order valence-electron chi connectivity index (χ2n) is 5.28. The highest BCUT2D eigenvalue weighted by molar-refractivity contribution is 6.35. The first-order valence-electron chi connectivity index (χ1n) is 7.35. The van der Waals surface area contributed by atoms with E-state index < -0.39 is 11.8 Å². The number of urea groups is 1. The van der Waals surface area contributed by atoms with Gasteiger partial charge < -0.3 is 21.4 Å². The van der Waals surface area contributed by atoms with Gasteiger partial charge in [-0.25, -0.2) is 14.2 Å². The molecule has 1 aliphatic rings. The van der Waals surface area contributed by atoms with Crippen molar-refractivity contribution in [2.75, 3.05) is 11.9 Å². The summed E-state index contributed by atoms with van der Waals surface area (Å²) in [5.41, 5.74) is 7.53. The minimum Gasteiger partial charge on any atom is -0.352 e. The fourth-order valence-corrected chi connectivity index (χ4v) is 2.45. The molecule has 3 amide bonds. The van der Waals surface area contributed by atoms with E-state index in [4.69, 9.17) is 5.73 Å². The molecule has 1 aliphatic heterocycles. The lowest BCUT2D eigenvalue weighted by Gasteiger charge is -2.04. The number of benzene rings is 1. The van der Waals surface area contributed by atoms with Crippen molar-refractivity contribution in [3.05, 3.63) is 46.8 Å². The van der Waals surface area contributed by atoms with Gasteiger partial charge in [-0.1, -0.05) is 11.8 Å². The van der Waals surface area contributed by atoms with Gasteiger partial charge in [0, 0.05) is 5.56 Å². The molecule has 7 nitrogen and oxygen atoms in total. The average Bonchev–Trinajstić information content (AvgIpc) is 3.10. The van der Waals surface area contributed by atoms with Gasteiger partial charge in [-0.15, -0.1) is 0 Å². The quantitative estimate of drug-likeness (QED) is 0.489. The first-order valence-corrected chi connectivity index (χ1v) is 7.35. The molecule has 2 aromatic rings. The number of imidazole rings is 1. The predicted octanol–water partition coefficient (Wildman–Crippen LogP) is 1.37. The second-order valence-corrected chi connectivity index (χ2v) is 5.28. The molecule has 0 unspecified atom stereocenters. The summed E-state index contributed by atoms with van der Waals surface area (Å²) in [5.74, 6) is 4.37. The molecule has 25 heavy (non-hydrogen) atoms. The third-order valence-electron chi connectivity index (χ3n) is 3.64. The zero-order valence-electron chi connectivity index (χ0n) is 13.2. The molecule has 0 spiro atoms. The van der Waals surface area contributed by atoms with Crippen LogP contribution in [0.4, 0.5) is 14.9 Å². The Labute approximate surface area is 142 Å². The number of hydrogen-bond donors (Lipinski definition) is 4. The fraction of sp³-hybridized carbons (Fsp3) is 0.118. The van der Waals surface area contributed by atoms with Gasteiger partial charge in [0.15, 0.2) is 0 Å². The molecular weight excluding hydrogens is 325 g/mol. The summed E-state index contributed by atoms with van der Waals surface area (Å²) in [6.07, 6.45) is 3.12. The fourth-order valence-electron chi connectivity index (χ4n) is 2.45. The minimum atomic E-state index is -0.722. The Balaban J connectivity index is 2.07. The van der Waals surface area contributed by atoms with E-state index in [1.165, 1.54) is 18.5 Å². The van der Waals surface area contributed by atoms with E-state index in [1.54, 1.807) is 13.0 Å². The van der Waals surface area contributed by atoms with Gasteiger partial charge in [-0.05, 0) is 25.1 Å². The van der Waals surface area contributed by atoms with Crippen LogP contribution in [-0.4, -0.2) is 28.5 Å². The smallest absolute Gasteiger partial charge is 0.312 e. The summed E-state index contributed by atoms with van der Waals surface area (Å²) in [5, 5.41) is 4.99. The number of amides is 3. The third kappa shape index (κ3) is 3.21. The summed E-state index contributed by atoms with van der Waals surface area (Å²) in [7, 11) is 0. The number of aromatic amines is 1. The van der Waals surface area contributed by atoms with Crippen LogP contribution in [0.5, 0.6) is 0 Å². The van der Waals surface area contributed by atoms with Crippen LogP contribution in [0.3, 0.4) is 0 Å². The number of nitrogens with zero attached hydrogens (tertiary/aromatic N) is 1. The number of anilines is 1. The van der Waals surface area contributed by atoms with Crippen molar-refractivity contribution in [3.8, 4) is 11.8 Å². The third-order valence-corrected chi connectivity index (χ3v) is 3.64. The Hall–Kier alpha value is -3.60. The van der Waals surface area contributed by atoms with Crippen molar-refractivity contribution in [3.63, 3.8) is 0 Å². The highest BCUT2D eigenvalue weighted by Crippen LogP contribution is 2.36. The van der Waals surface area contributed by atoms with E-state index >= 15 is 0 Å². The van der Waals surface area contributed by atoms with Crippen molar-refractivity contribution in [1.29, 1.82) is 0 Å². The lowest BCUT2D eigenvalue weighted by molar-refractivity contribution is -0.110. The predicted molar refractivity (Wildman–Crippen MR) is 90.7 cm³/mol. The number of carbonyl (C=O) groups is 2. The van der Waals surface area contributed by atoms with Crippen molar-refractivity contribution in [2.45, 2.75) is 6.92 Å². The maximum atomic E-state index is 14.3. The van der Waals surface area contributed by atoms with Gasteiger partial charge in [-0.3, -0.25) is 4.79 Å². The van der Waals surface area contributed by atoms with E-state index in [1.807, 2.05) is 0 Å². The molecule has 2 heterocycles. The molecule has 0 fully saturated rings. The number of rotatable bonds is 2. The minimum absolute atomic E-state index is 0.0292. The maximum absolute atomic E-state index is 14.3. The Kier molecular flexibility index (Phi) is 4.22. The molecule has 1 aromatic carbocycles. The van der Waals surface area contributed by atoms with Gasteiger partial charge >= 0.3 is 6.03 Å².